The predicted molar refractivity (Wildman–Crippen MR) is 465 cm³/mol. The van der Waals surface area contributed by atoms with Crippen LogP contribution in [0.4, 0.5) is 0 Å². The van der Waals surface area contributed by atoms with Gasteiger partial charge in [-0.1, -0.05) is 286 Å². The summed E-state index contributed by atoms with van der Waals surface area (Å²) in [5.74, 6) is 21.3. The summed E-state index contributed by atoms with van der Waals surface area (Å²) in [5.41, 5.74) is 31.4. The topological polar surface area (TPSA) is 71.4 Å². The molecule has 0 spiro atoms. The van der Waals surface area contributed by atoms with E-state index in [2.05, 4.69) is 223 Å². The molecule has 111 heavy (non-hydrogen) atoms. The van der Waals surface area contributed by atoms with Gasteiger partial charge in [-0.15, -0.1) is 0 Å². The minimum Gasteiger partial charge on any atom is -0.192 e. The van der Waals surface area contributed by atoms with Crippen LogP contribution in [0.3, 0.4) is 0 Å². The second-order valence-corrected chi connectivity index (χ2v) is 32.3. The number of nitrogens with zero attached hydrogens (tertiary/aromatic N) is 3. The summed E-state index contributed by atoms with van der Waals surface area (Å²) in [4.78, 5) is 0. The van der Waals surface area contributed by atoms with Crippen molar-refractivity contribution in [1.29, 1.82) is 15.8 Å². The highest BCUT2D eigenvalue weighted by atomic mass is 14.5. The number of hydrogen-bond donors (Lipinski definition) is 0. The molecule has 3 aliphatic carbocycles. The van der Waals surface area contributed by atoms with Crippen molar-refractivity contribution >= 4 is 0 Å². The van der Waals surface area contributed by atoms with E-state index in [1.165, 1.54) is 216 Å². The number of fused-ring (bicyclic) bond motifs is 9. The average molecular weight is 1450 g/mol. The van der Waals surface area contributed by atoms with Crippen molar-refractivity contribution in [2.24, 2.45) is 0 Å². The molecule has 3 heteroatoms. The van der Waals surface area contributed by atoms with E-state index < -0.39 is 0 Å². The Morgan fingerprint density at radius 2 is 0.378 bits per heavy atom. The van der Waals surface area contributed by atoms with E-state index >= 15 is 0 Å². The standard InChI is InChI=1S/C108H111N3/c1-7-13-19-25-61-106(62-26-20-14-8-2)100-67-82(40-31-79-34-43-85(76-109)44-35-79)49-55-94(100)97-58-52-88(73-103(97)106)91-70-92(89-53-59-98-95-56-50-83(41-32-80-36-45-86(77-110)46-37-80)68-101(95)107(104(98)74-89,63-27-21-15-9-3)64-28-22-16-10-4)72-93(71-91)90-54-60-99-96-57-51-84(42-33-81-38-47-87(78-111)48-39-81)69-102(96)108(105(99)75-90,65-29-23-17-11-5)66-30-24-18-12-6/h34-39,43-60,67-75H,7-30,61-66H2,1-6H3. The summed E-state index contributed by atoms with van der Waals surface area (Å²) in [6, 6.07) is 81.5. The van der Waals surface area contributed by atoms with Crippen molar-refractivity contribution < 1.29 is 0 Å². The van der Waals surface area contributed by atoms with Crippen LogP contribution >= 0.6 is 0 Å². The summed E-state index contributed by atoms with van der Waals surface area (Å²) >= 11 is 0. The molecule has 0 N–H and O–H groups in total. The second kappa shape index (κ2) is 37.4. The van der Waals surface area contributed by atoms with Gasteiger partial charge in [0.15, 0.2) is 0 Å². The number of hydrogen-bond acceptors (Lipinski definition) is 3. The zero-order valence-corrected chi connectivity index (χ0v) is 67.1. The van der Waals surface area contributed by atoms with E-state index in [-0.39, 0.29) is 16.2 Å². The molecule has 0 radical (unpaired) electrons. The maximum absolute atomic E-state index is 9.61. The van der Waals surface area contributed by atoms with Gasteiger partial charge in [0.1, 0.15) is 0 Å². The number of nitriles is 3. The summed E-state index contributed by atoms with van der Waals surface area (Å²) in [5, 5.41) is 28.8. The molecule has 10 aromatic rings. The van der Waals surface area contributed by atoms with E-state index in [4.69, 9.17) is 0 Å². The van der Waals surface area contributed by atoms with Crippen LogP contribution in [0.1, 0.15) is 318 Å². The van der Waals surface area contributed by atoms with Crippen molar-refractivity contribution in [3.8, 4) is 120 Å². The zero-order valence-electron chi connectivity index (χ0n) is 67.1. The molecule has 0 fully saturated rings. The lowest BCUT2D eigenvalue weighted by atomic mass is 9.69. The Morgan fingerprint density at radius 1 is 0.189 bits per heavy atom. The molecular formula is C108H111N3. The maximum atomic E-state index is 9.61. The lowest BCUT2D eigenvalue weighted by Gasteiger charge is -2.33. The van der Waals surface area contributed by atoms with E-state index in [0.717, 1.165) is 110 Å². The number of unbranched alkanes of at least 4 members (excludes halogenated alkanes) is 18. The van der Waals surface area contributed by atoms with Crippen LogP contribution in [-0.4, -0.2) is 0 Å². The first kappa shape index (κ1) is 78.5. The summed E-state index contributed by atoms with van der Waals surface area (Å²) < 4.78 is 0. The third-order valence-corrected chi connectivity index (χ3v) is 24.9. The Bertz CT molecular complexity index is 4700. The highest BCUT2D eigenvalue weighted by Crippen LogP contribution is 2.59. The largest absolute Gasteiger partial charge is 0.192 e. The number of rotatable bonds is 33. The molecule has 0 heterocycles. The minimum absolute atomic E-state index is 0.196. The molecule has 0 aromatic heterocycles. The van der Waals surface area contributed by atoms with Crippen molar-refractivity contribution in [3.05, 3.63) is 284 Å². The normalized spacial score (nSPS) is 13.1. The molecule has 3 aliphatic rings. The van der Waals surface area contributed by atoms with Gasteiger partial charge in [-0.3, -0.25) is 0 Å². The first-order valence-corrected chi connectivity index (χ1v) is 42.7. The number of benzene rings is 10. The molecule has 558 valence electrons. The predicted octanol–water partition coefficient (Wildman–Crippen LogP) is 29.1. The SMILES string of the molecule is CCCCCCC1(CCCCCC)c2cc(C#Cc3ccc(C#N)cc3)ccc2-c2ccc(-c3cc(-c4ccc5c(c4)C(CCCCCC)(CCCCCC)c4cc(C#Cc6ccc(C#N)cc6)ccc4-5)cc(-c4ccc5c(c4)C(CCCCCC)(CCCCCC)c4cc(C#Cc6ccc(C#N)cc6)ccc4-5)c3)cc21. The van der Waals surface area contributed by atoms with Crippen LogP contribution in [0, 0.1) is 69.5 Å². The lowest BCUT2D eigenvalue weighted by molar-refractivity contribution is 0.401. The lowest BCUT2D eigenvalue weighted by Crippen LogP contribution is -2.26. The monoisotopic (exact) mass is 1450 g/mol. The van der Waals surface area contributed by atoms with E-state index in [9.17, 15) is 15.8 Å². The first-order chi connectivity index (χ1) is 54.5. The van der Waals surface area contributed by atoms with E-state index in [1.807, 2.05) is 72.8 Å². The Hall–Kier alpha value is -10.7. The Labute approximate surface area is 666 Å². The smallest absolute Gasteiger partial charge is 0.0991 e. The second-order valence-electron chi connectivity index (χ2n) is 32.3. The molecule has 0 unspecified atom stereocenters. The summed E-state index contributed by atoms with van der Waals surface area (Å²) in [7, 11) is 0. The van der Waals surface area contributed by atoms with Gasteiger partial charge in [-0.25, -0.2) is 0 Å². The molecule has 13 rings (SSSR count). The Morgan fingerprint density at radius 3 is 0.595 bits per heavy atom. The van der Waals surface area contributed by atoms with Crippen LogP contribution in [0.2, 0.25) is 0 Å². The van der Waals surface area contributed by atoms with Crippen LogP contribution < -0.4 is 0 Å². The van der Waals surface area contributed by atoms with Gasteiger partial charge in [-0.2, -0.15) is 15.8 Å². The summed E-state index contributed by atoms with van der Waals surface area (Å²) in [6.07, 6.45) is 35.3. The fraction of sp³-hybridized carbons (Fsp3) is 0.361. The Kier molecular flexibility index (Phi) is 26.4. The van der Waals surface area contributed by atoms with Gasteiger partial charge in [0.2, 0.25) is 0 Å². The minimum atomic E-state index is -0.196. The van der Waals surface area contributed by atoms with Gasteiger partial charge in [0, 0.05) is 49.6 Å². The van der Waals surface area contributed by atoms with Gasteiger partial charge in [0.25, 0.3) is 0 Å². The molecule has 0 bridgehead atoms. The molecule has 10 aromatic carbocycles. The fourth-order valence-electron chi connectivity index (χ4n) is 18.8. The Balaban J connectivity index is 1.01. The van der Waals surface area contributed by atoms with E-state index in [1.54, 1.807) is 0 Å². The van der Waals surface area contributed by atoms with Crippen molar-refractivity contribution in [1.82, 2.24) is 0 Å². The van der Waals surface area contributed by atoms with Crippen LogP contribution in [0.5, 0.6) is 0 Å². The molecule has 0 aliphatic heterocycles. The average Bonchev–Trinajstić information content (AvgIpc) is 1.58. The van der Waals surface area contributed by atoms with Gasteiger partial charge in [-0.05, 0) is 284 Å². The highest BCUT2D eigenvalue weighted by Gasteiger charge is 2.46. The summed E-state index contributed by atoms with van der Waals surface area (Å²) in [6.45, 7) is 14.0. The van der Waals surface area contributed by atoms with E-state index in [0.29, 0.717) is 16.7 Å². The van der Waals surface area contributed by atoms with Crippen LogP contribution in [0.25, 0.3) is 66.8 Å². The zero-order chi connectivity index (χ0) is 77.0. The highest BCUT2D eigenvalue weighted by molar-refractivity contribution is 5.91. The van der Waals surface area contributed by atoms with Gasteiger partial charge in [0.05, 0.1) is 34.9 Å². The molecule has 3 nitrogen and oxygen atoms in total. The molecule has 0 saturated carbocycles. The first-order valence-electron chi connectivity index (χ1n) is 42.7. The fourth-order valence-corrected chi connectivity index (χ4v) is 18.8. The third kappa shape index (κ3) is 17.4. The molecular weight excluding hydrogens is 1340 g/mol. The third-order valence-electron chi connectivity index (χ3n) is 24.9. The molecule has 0 amide bonds. The quantitative estimate of drug-likeness (QED) is 0.0304. The van der Waals surface area contributed by atoms with Crippen LogP contribution in [0.15, 0.2) is 200 Å². The van der Waals surface area contributed by atoms with Crippen molar-refractivity contribution in [2.45, 2.75) is 250 Å². The van der Waals surface area contributed by atoms with Crippen molar-refractivity contribution in [3.63, 3.8) is 0 Å². The van der Waals surface area contributed by atoms with Crippen LogP contribution in [-0.2, 0) is 16.2 Å². The van der Waals surface area contributed by atoms with Crippen molar-refractivity contribution in [2.75, 3.05) is 0 Å². The van der Waals surface area contributed by atoms with Gasteiger partial charge >= 0.3 is 0 Å². The molecule has 0 saturated heterocycles. The molecule has 0 atom stereocenters. The maximum Gasteiger partial charge on any atom is 0.0991 e. The van der Waals surface area contributed by atoms with Gasteiger partial charge < -0.3 is 0 Å².